The Bertz CT molecular complexity index is 1200. The Morgan fingerprint density at radius 2 is 2.03 bits per heavy atom. The first kappa shape index (κ1) is 18.4. The van der Waals surface area contributed by atoms with Crippen LogP contribution in [-0.2, 0) is 4.74 Å². The molecule has 4 aromatic heterocycles. The van der Waals surface area contributed by atoms with Crippen LogP contribution >= 0.6 is 0 Å². The van der Waals surface area contributed by atoms with Gasteiger partial charge >= 0.3 is 6.09 Å². The highest BCUT2D eigenvalue weighted by atomic mass is 16.5. The van der Waals surface area contributed by atoms with E-state index in [-0.39, 0.29) is 5.95 Å². The van der Waals surface area contributed by atoms with E-state index in [4.69, 9.17) is 15.5 Å². The first-order chi connectivity index (χ1) is 14.0. The summed E-state index contributed by atoms with van der Waals surface area (Å²) in [4.78, 5) is 29.4. The Labute approximate surface area is 166 Å². The number of nitrogen functional groups attached to an aromatic ring is 1. The summed E-state index contributed by atoms with van der Waals surface area (Å²) in [5.74, 6) is 0.168. The number of pyridine rings is 2. The lowest BCUT2D eigenvalue weighted by molar-refractivity contribution is 0.168. The van der Waals surface area contributed by atoms with Gasteiger partial charge in [0, 0.05) is 29.8 Å². The van der Waals surface area contributed by atoms with Crippen LogP contribution in [0.4, 0.5) is 16.4 Å². The van der Waals surface area contributed by atoms with Gasteiger partial charge in [-0.25, -0.2) is 19.7 Å². The average Bonchev–Trinajstić information content (AvgIpc) is 3.07. The molecule has 3 N–H and O–H groups in total. The fraction of sp³-hybridized carbons (Fsp3) is 0.150. The van der Waals surface area contributed by atoms with Gasteiger partial charge in [0.05, 0.1) is 18.0 Å². The van der Waals surface area contributed by atoms with Gasteiger partial charge in [0.15, 0.2) is 0 Å². The summed E-state index contributed by atoms with van der Waals surface area (Å²) in [7, 11) is 0. The van der Waals surface area contributed by atoms with E-state index in [1.54, 1.807) is 37.5 Å². The van der Waals surface area contributed by atoms with Crippen LogP contribution in [0.2, 0.25) is 0 Å². The maximum absolute atomic E-state index is 11.7. The molecule has 0 aliphatic carbocycles. The summed E-state index contributed by atoms with van der Waals surface area (Å²) in [6.45, 7) is 3.96. The zero-order valence-electron chi connectivity index (χ0n) is 16.0. The number of fused-ring (bicyclic) bond motifs is 1. The quantitative estimate of drug-likeness (QED) is 0.549. The van der Waals surface area contributed by atoms with Crippen molar-refractivity contribution >= 4 is 23.4 Å². The fourth-order valence-corrected chi connectivity index (χ4v) is 3.01. The van der Waals surface area contributed by atoms with Crippen molar-refractivity contribution in [3.05, 3.63) is 54.5 Å². The Balaban J connectivity index is 1.90. The van der Waals surface area contributed by atoms with Crippen LogP contribution in [0.15, 0.2) is 48.8 Å². The molecule has 0 saturated carbocycles. The average molecular weight is 389 g/mol. The lowest BCUT2D eigenvalue weighted by Gasteiger charge is -2.07. The molecule has 4 rings (SSSR count). The number of nitrogens with one attached hydrogen (secondary N) is 1. The van der Waals surface area contributed by atoms with E-state index < -0.39 is 6.09 Å². The predicted molar refractivity (Wildman–Crippen MR) is 109 cm³/mol. The molecule has 0 spiro atoms. The molecular weight excluding hydrogens is 370 g/mol. The third-order valence-corrected chi connectivity index (χ3v) is 4.20. The number of aromatic nitrogens is 5. The van der Waals surface area contributed by atoms with E-state index >= 15 is 0 Å². The van der Waals surface area contributed by atoms with Gasteiger partial charge in [-0.2, -0.15) is 0 Å². The standard InChI is InChI=1S/C20H19N7O2/c1-3-29-20(28)24-13-8-10-27-16(11-13)26-17(14-6-4-5-12(2)23-14)18(27)15-7-9-22-19(21)25-15/h4-11H,3H2,1-2H3,(H,24,28)(H2,21,22,25). The molecule has 0 bridgehead atoms. The summed E-state index contributed by atoms with van der Waals surface area (Å²) in [6.07, 6.45) is 2.88. The molecule has 0 fully saturated rings. The van der Waals surface area contributed by atoms with Crippen LogP contribution in [0, 0.1) is 6.92 Å². The number of amides is 1. The number of nitrogens with two attached hydrogens (primary N) is 1. The van der Waals surface area contributed by atoms with Crippen LogP contribution in [0.5, 0.6) is 0 Å². The molecule has 4 heterocycles. The fourth-order valence-electron chi connectivity index (χ4n) is 3.01. The molecule has 9 heteroatoms. The van der Waals surface area contributed by atoms with Crippen molar-refractivity contribution in [2.24, 2.45) is 0 Å². The van der Waals surface area contributed by atoms with E-state index in [2.05, 4.69) is 20.3 Å². The molecule has 1 amide bonds. The normalized spacial score (nSPS) is 10.8. The number of rotatable bonds is 4. The second-order valence-electron chi connectivity index (χ2n) is 6.26. The van der Waals surface area contributed by atoms with Crippen molar-refractivity contribution < 1.29 is 9.53 Å². The maximum atomic E-state index is 11.7. The zero-order chi connectivity index (χ0) is 20.4. The summed E-state index contributed by atoms with van der Waals surface area (Å²) < 4.78 is 6.81. The monoisotopic (exact) mass is 389 g/mol. The van der Waals surface area contributed by atoms with Gasteiger partial charge in [0.1, 0.15) is 17.0 Å². The third kappa shape index (κ3) is 3.70. The summed E-state index contributed by atoms with van der Waals surface area (Å²) in [6, 6.07) is 11.0. The Morgan fingerprint density at radius 1 is 1.17 bits per heavy atom. The highest BCUT2D eigenvalue weighted by Crippen LogP contribution is 2.31. The molecule has 0 radical (unpaired) electrons. The number of nitrogens with zero attached hydrogens (tertiary/aromatic N) is 5. The summed E-state index contributed by atoms with van der Waals surface area (Å²) in [5.41, 5.74) is 10.6. The molecule has 0 saturated heterocycles. The van der Waals surface area contributed by atoms with Gasteiger partial charge < -0.3 is 10.5 Å². The van der Waals surface area contributed by atoms with E-state index in [1.165, 1.54) is 0 Å². The molecule has 9 nitrogen and oxygen atoms in total. The molecule has 0 atom stereocenters. The second kappa shape index (κ2) is 7.55. The van der Waals surface area contributed by atoms with Crippen LogP contribution in [0.3, 0.4) is 0 Å². The predicted octanol–water partition coefficient (Wildman–Crippen LogP) is 3.31. The Hall–Kier alpha value is -4.01. The van der Waals surface area contributed by atoms with Crippen molar-refractivity contribution in [2.45, 2.75) is 13.8 Å². The van der Waals surface area contributed by atoms with Gasteiger partial charge in [-0.1, -0.05) is 6.07 Å². The number of aryl methyl sites for hydroxylation is 1. The Morgan fingerprint density at radius 3 is 2.79 bits per heavy atom. The van der Waals surface area contributed by atoms with Gasteiger partial charge in [-0.05, 0) is 38.1 Å². The highest BCUT2D eigenvalue weighted by Gasteiger charge is 2.19. The van der Waals surface area contributed by atoms with E-state index in [0.717, 1.165) is 11.4 Å². The van der Waals surface area contributed by atoms with Crippen molar-refractivity contribution in [3.63, 3.8) is 0 Å². The molecular formula is C20H19N7O2. The zero-order valence-corrected chi connectivity index (χ0v) is 16.0. The topological polar surface area (TPSA) is 120 Å². The molecule has 0 aliphatic heterocycles. The summed E-state index contributed by atoms with van der Waals surface area (Å²) in [5, 5.41) is 2.69. The molecule has 0 unspecified atom stereocenters. The smallest absolute Gasteiger partial charge is 0.411 e. The molecule has 0 aliphatic rings. The summed E-state index contributed by atoms with van der Waals surface area (Å²) >= 11 is 0. The molecule has 0 aromatic carbocycles. The van der Waals surface area contributed by atoms with Crippen molar-refractivity contribution in [1.29, 1.82) is 0 Å². The van der Waals surface area contributed by atoms with Crippen molar-refractivity contribution in [1.82, 2.24) is 24.3 Å². The molecule has 29 heavy (non-hydrogen) atoms. The van der Waals surface area contributed by atoms with Gasteiger partial charge in [-0.3, -0.25) is 14.7 Å². The van der Waals surface area contributed by atoms with Crippen LogP contribution in [-0.4, -0.2) is 37.0 Å². The largest absolute Gasteiger partial charge is 0.450 e. The van der Waals surface area contributed by atoms with Crippen LogP contribution < -0.4 is 11.1 Å². The van der Waals surface area contributed by atoms with Gasteiger partial charge in [0.25, 0.3) is 0 Å². The van der Waals surface area contributed by atoms with Gasteiger partial charge in [0.2, 0.25) is 5.95 Å². The van der Waals surface area contributed by atoms with E-state index in [1.807, 2.05) is 29.5 Å². The number of carbonyl (C=O) groups excluding carboxylic acids is 1. The minimum absolute atomic E-state index is 0.168. The highest BCUT2D eigenvalue weighted by molar-refractivity contribution is 5.86. The van der Waals surface area contributed by atoms with Crippen LogP contribution in [0.25, 0.3) is 28.4 Å². The first-order valence-electron chi connectivity index (χ1n) is 9.04. The SMILES string of the molecule is CCOC(=O)Nc1ccn2c(-c3ccnc(N)n3)c(-c3cccc(C)n3)nc2c1. The number of ether oxygens (including phenoxy) is 1. The van der Waals surface area contributed by atoms with E-state index in [9.17, 15) is 4.79 Å². The minimum atomic E-state index is -0.521. The third-order valence-electron chi connectivity index (χ3n) is 4.20. The maximum Gasteiger partial charge on any atom is 0.411 e. The number of hydrogen-bond acceptors (Lipinski definition) is 7. The van der Waals surface area contributed by atoms with Crippen LogP contribution in [0.1, 0.15) is 12.6 Å². The van der Waals surface area contributed by atoms with Crippen molar-refractivity contribution in [2.75, 3.05) is 17.7 Å². The van der Waals surface area contributed by atoms with Crippen molar-refractivity contribution in [3.8, 4) is 22.8 Å². The number of anilines is 2. The van der Waals surface area contributed by atoms with E-state index in [0.29, 0.717) is 35.0 Å². The molecule has 146 valence electrons. The first-order valence-corrected chi connectivity index (χ1v) is 9.04. The minimum Gasteiger partial charge on any atom is -0.450 e. The number of hydrogen-bond donors (Lipinski definition) is 2. The Kier molecular flexibility index (Phi) is 4.78. The number of imidazole rings is 1. The second-order valence-corrected chi connectivity index (χ2v) is 6.26. The molecule has 4 aromatic rings. The number of carbonyl (C=O) groups is 1. The lowest BCUT2D eigenvalue weighted by atomic mass is 10.1. The lowest BCUT2D eigenvalue weighted by Crippen LogP contribution is -2.13. The van der Waals surface area contributed by atoms with Gasteiger partial charge in [-0.15, -0.1) is 0 Å².